The molecule has 1 saturated carbocycles. The summed E-state index contributed by atoms with van der Waals surface area (Å²) in [5, 5.41) is 4.12. The van der Waals surface area contributed by atoms with Gasteiger partial charge in [-0.3, -0.25) is 0 Å². The van der Waals surface area contributed by atoms with Crippen LogP contribution in [0.4, 0.5) is 10.9 Å². The van der Waals surface area contributed by atoms with Crippen LogP contribution in [0.3, 0.4) is 0 Å². The Bertz CT molecular complexity index is 998. The second-order valence-electron chi connectivity index (χ2n) is 6.87. The highest BCUT2D eigenvalue weighted by Gasteiger charge is 2.41. The Morgan fingerprint density at radius 2 is 1.96 bits per heavy atom. The van der Waals surface area contributed by atoms with Gasteiger partial charge in [0.05, 0.1) is 10.4 Å². The number of aromatic nitrogens is 2. The SMILES string of the molecule is C1=CN([C@H]2C[C@@H]2c2ccccc2)CC=C1Sc1cnc(Nc2ccccn2)s1. The number of pyridine rings is 1. The van der Waals surface area contributed by atoms with Crippen LogP contribution < -0.4 is 5.32 Å². The number of allylic oxidation sites excluding steroid dienone is 1. The quantitative estimate of drug-likeness (QED) is 0.575. The van der Waals surface area contributed by atoms with E-state index in [2.05, 4.69) is 68.9 Å². The number of thioether (sulfide) groups is 1. The van der Waals surface area contributed by atoms with Crippen LogP contribution >= 0.6 is 23.1 Å². The smallest absolute Gasteiger partial charge is 0.189 e. The van der Waals surface area contributed by atoms with E-state index in [0.717, 1.165) is 17.5 Å². The van der Waals surface area contributed by atoms with Crippen molar-refractivity contribution in [1.29, 1.82) is 0 Å². The van der Waals surface area contributed by atoms with E-state index in [1.54, 1.807) is 29.3 Å². The van der Waals surface area contributed by atoms with Crippen molar-refractivity contribution < 1.29 is 0 Å². The average molecular weight is 405 g/mol. The van der Waals surface area contributed by atoms with Gasteiger partial charge in [-0.2, -0.15) is 0 Å². The molecule has 3 aromatic rings. The van der Waals surface area contributed by atoms with Crippen molar-refractivity contribution in [3.05, 3.63) is 89.7 Å². The van der Waals surface area contributed by atoms with Gasteiger partial charge in [0.2, 0.25) is 0 Å². The Hall–Kier alpha value is -2.57. The Morgan fingerprint density at radius 3 is 2.75 bits per heavy atom. The number of anilines is 2. The zero-order valence-electron chi connectivity index (χ0n) is 15.2. The van der Waals surface area contributed by atoms with Crippen LogP contribution in [-0.2, 0) is 0 Å². The molecule has 0 bridgehead atoms. The van der Waals surface area contributed by atoms with Gasteiger partial charge in [0.1, 0.15) is 5.82 Å². The molecule has 4 nitrogen and oxygen atoms in total. The van der Waals surface area contributed by atoms with Gasteiger partial charge in [0.25, 0.3) is 0 Å². The molecule has 1 aromatic carbocycles. The number of benzene rings is 1. The molecule has 0 radical (unpaired) electrons. The van der Waals surface area contributed by atoms with Crippen molar-refractivity contribution in [2.24, 2.45) is 0 Å². The fourth-order valence-corrected chi connectivity index (χ4v) is 5.32. The number of rotatable bonds is 6. The predicted octanol–water partition coefficient (Wildman–Crippen LogP) is 5.64. The highest BCUT2D eigenvalue weighted by molar-refractivity contribution is 8.05. The first-order chi connectivity index (χ1) is 13.8. The lowest BCUT2D eigenvalue weighted by Crippen LogP contribution is -2.23. The summed E-state index contributed by atoms with van der Waals surface area (Å²) in [6.45, 7) is 0.977. The molecular formula is C22H20N4S2. The van der Waals surface area contributed by atoms with Gasteiger partial charge in [-0.05, 0) is 30.2 Å². The molecule has 0 unspecified atom stereocenters. The monoisotopic (exact) mass is 404 g/mol. The van der Waals surface area contributed by atoms with Crippen LogP contribution in [0.25, 0.3) is 0 Å². The van der Waals surface area contributed by atoms with Crippen LogP contribution in [0.15, 0.2) is 88.4 Å². The largest absolute Gasteiger partial charge is 0.370 e. The molecule has 2 aliphatic rings. The first-order valence-corrected chi connectivity index (χ1v) is 11.0. The molecule has 1 fully saturated rings. The fraction of sp³-hybridized carbons (Fsp3) is 0.182. The lowest BCUT2D eigenvalue weighted by atomic mass is 10.1. The van der Waals surface area contributed by atoms with E-state index < -0.39 is 0 Å². The molecule has 0 saturated heterocycles. The average Bonchev–Trinajstić information content (AvgIpc) is 3.44. The van der Waals surface area contributed by atoms with Crippen molar-refractivity contribution >= 4 is 34.0 Å². The van der Waals surface area contributed by atoms with E-state index in [1.807, 2.05) is 24.4 Å². The summed E-state index contributed by atoms with van der Waals surface area (Å²) in [4.78, 5) is 12.5. The maximum Gasteiger partial charge on any atom is 0.189 e. The van der Waals surface area contributed by atoms with Crippen molar-refractivity contribution in [3.8, 4) is 0 Å². The lowest BCUT2D eigenvalue weighted by Gasteiger charge is -2.22. The van der Waals surface area contributed by atoms with Gasteiger partial charge in [0.15, 0.2) is 5.13 Å². The molecule has 1 aliphatic heterocycles. The molecule has 28 heavy (non-hydrogen) atoms. The minimum Gasteiger partial charge on any atom is -0.370 e. The standard InChI is InChI=1S/C22H20N4S2/c1-2-6-16(7-3-1)18-14-19(18)26-12-9-17(10-13-26)27-21-15-24-22(28-21)25-20-8-4-5-11-23-20/h1-12,15,18-19H,13-14H2,(H,23,24,25)/t18-,19+/m1/s1. The summed E-state index contributed by atoms with van der Waals surface area (Å²) in [5.41, 5.74) is 1.46. The lowest BCUT2D eigenvalue weighted by molar-refractivity contribution is 0.394. The number of hydrogen-bond acceptors (Lipinski definition) is 6. The Balaban J connectivity index is 1.16. The third-order valence-corrected chi connectivity index (χ3v) is 7.00. The molecule has 0 amide bonds. The molecule has 1 N–H and O–H groups in total. The van der Waals surface area contributed by atoms with Gasteiger partial charge in [-0.1, -0.05) is 65.6 Å². The Kier molecular flexibility index (Phi) is 4.89. The summed E-state index contributed by atoms with van der Waals surface area (Å²) >= 11 is 3.42. The summed E-state index contributed by atoms with van der Waals surface area (Å²) < 4.78 is 1.18. The zero-order valence-corrected chi connectivity index (χ0v) is 16.9. The van der Waals surface area contributed by atoms with Crippen LogP contribution in [0.1, 0.15) is 17.9 Å². The third-order valence-electron chi connectivity index (χ3n) is 4.95. The summed E-state index contributed by atoms with van der Waals surface area (Å²) in [5.74, 6) is 1.49. The van der Waals surface area contributed by atoms with Crippen LogP contribution in [0, 0.1) is 0 Å². The number of thiazole rings is 1. The summed E-state index contributed by atoms with van der Waals surface area (Å²) in [6, 6.07) is 17.3. The third kappa shape index (κ3) is 3.98. The number of nitrogens with one attached hydrogen (secondary N) is 1. The fourth-order valence-electron chi connectivity index (χ4n) is 3.45. The molecule has 2 aromatic heterocycles. The summed E-state index contributed by atoms with van der Waals surface area (Å²) in [6.07, 6.45) is 11.7. The zero-order chi connectivity index (χ0) is 18.8. The Morgan fingerprint density at radius 1 is 1.07 bits per heavy atom. The van der Waals surface area contributed by atoms with E-state index in [4.69, 9.17) is 0 Å². The van der Waals surface area contributed by atoms with Crippen molar-refractivity contribution in [3.63, 3.8) is 0 Å². The van der Waals surface area contributed by atoms with E-state index in [0.29, 0.717) is 12.0 Å². The van der Waals surface area contributed by atoms with Gasteiger partial charge in [-0.15, -0.1) is 0 Å². The van der Waals surface area contributed by atoms with Crippen molar-refractivity contribution in [2.45, 2.75) is 22.6 Å². The molecular weight excluding hydrogens is 384 g/mol. The second-order valence-corrected chi connectivity index (χ2v) is 9.27. The Labute approximate surface area is 173 Å². The van der Waals surface area contributed by atoms with E-state index >= 15 is 0 Å². The highest BCUT2D eigenvalue weighted by Crippen LogP contribution is 2.45. The topological polar surface area (TPSA) is 41.1 Å². The minimum absolute atomic E-state index is 0.638. The number of hydrogen-bond donors (Lipinski definition) is 1. The first-order valence-electron chi connectivity index (χ1n) is 9.36. The van der Waals surface area contributed by atoms with E-state index in [9.17, 15) is 0 Å². The van der Waals surface area contributed by atoms with Crippen LogP contribution in [-0.4, -0.2) is 27.5 Å². The van der Waals surface area contributed by atoms with E-state index in [-0.39, 0.29) is 0 Å². The second kappa shape index (κ2) is 7.81. The van der Waals surface area contributed by atoms with Gasteiger partial charge < -0.3 is 10.2 Å². The maximum atomic E-state index is 4.46. The van der Waals surface area contributed by atoms with Crippen LogP contribution in [0.2, 0.25) is 0 Å². The molecule has 1 aliphatic carbocycles. The molecule has 0 spiro atoms. The van der Waals surface area contributed by atoms with Gasteiger partial charge >= 0.3 is 0 Å². The normalized spacial score (nSPS) is 20.7. The van der Waals surface area contributed by atoms with Gasteiger partial charge in [0, 0.05) is 35.8 Å². The summed E-state index contributed by atoms with van der Waals surface area (Å²) in [7, 11) is 0. The molecule has 2 atom stereocenters. The predicted molar refractivity (Wildman–Crippen MR) is 117 cm³/mol. The highest BCUT2D eigenvalue weighted by atomic mass is 32.2. The van der Waals surface area contributed by atoms with E-state index in [1.165, 1.54) is 21.1 Å². The first kappa shape index (κ1) is 17.5. The minimum atomic E-state index is 0.638. The maximum absolute atomic E-state index is 4.46. The van der Waals surface area contributed by atoms with Crippen LogP contribution in [0.5, 0.6) is 0 Å². The molecule has 3 heterocycles. The molecule has 5 rings (SSSR count). The molecule has 6 heteroatoms. The van der Waals surface area contributed by atoms with Crippen molar-refractivity contribution in [2.75, 3.05) is 11.9 Å². The van der Waals surface area contributed by atoms with Gasteiger partial charge in [-0.25, -0.2) is 9.97 Å². The number of nitrogens with zero attached hydrogens (tertiary/aromatic N) is 3. The molecule has 140 valence electrons. The van der Waals surface area contributed by atoms with Crippen molar-refractivity contribution in [1.82, 2.24) is 14.9 Å².